The van der Waals surface area contributed by atoms with Crippen LogP contribution >= 0.6 is 11.6 Å². The van der Waals surface area contributed by atoms with Gasteiger partial charge in [-0.1, -0.05) is 44.2 Å². The van der Waals surface area contributed by atoms with Crippen LogP contribution in [0.2, 0.25) is 0 Å². The molecule has 118 valence electrons. The summed E-state index contributed by atoms with van der Waals surface area (Å²) in [6.07, 6.45) is 0. The first-order valence-electron chi connectivity index (χ1n) is 7.75. The monoisotopic (exact) mass is 310 g/mol. The summed E-state index contributed by atoms with van der Waals surface area (Å²) < 4.78 is 0. The van der Waals surface area contributed by atoms with Crippen molar-refractivity contribution >= 4 is 17.5 Å². The SMILES string of the molecule is CC.CC1CN(C(=O)CCl)C(C)CN1Cc1ccccc1. The highest BCUT2D eigenvalue weighted by Gasteiger charge is 2.31. The van der Waals surface area contributed by atoms with Crippen molar-refractivity contribution in [1.29, 1.82) is 0 Å². The summed E-state index contributed by atoms with van der Waals surface area (Å²) in [7, 11) is 0. The smallest absolute Gasteiger partial charge is 0.237 e. The van der Waals surface area contributed by atoms with E-state index in [9.17, 15) is 4.79 Å². The first kappa shape index (κ1) is 18.0. The molecule has 0 saturated carbocycles. The Morgan fingerprint density at radius 2 is 1.76 bits per heavy atom. The highest BCUT2D eigenvalue weighted by atomic mass is 35.5. The molecule has 0 aromatic heterocycles. The molecule has 21 heavy (non-hydrogen) atoms. The molecule has 0 N–H and O–H groups in total. The molecule has 0 radical (unpaired) electrons. The third-order valence-corrected chi connectivity index (χ3v) is 4.01. The second-order valence-corrected chi connectivity index (χ2v) is 5.56. The molecule has 1 saturated heterocycles. The molecule has 0 bridgehead atoms. The largest absolute Gasteiger partial charge is 0.336 e. The molecule has 1 aliphatic heterocycles. The summed E-state index contributed by atoms with van der Waals surface area (Å²) in [4.78, 5) is 16.1. The molecule has 1 heterocycles. The van der Waals surface area contributed by atoms with Crippen molar-refractivity contribution in [3.05, 3.63) is 35.9 Å². The van der Waals surface area contributed by atoms with Crippen LogP contribution < -0.4 is 0 Å². The van der Waals surface area contributed by atoms with E-state index < -0.39 is 0 Å². The van der Waals surface area contributed by atoms with E-state index in [1.807, 2.05) is 24.8 Å². The summed E-state index contributed by atoms with van der Waals surface area (Å²) >= 11 is 5.66. The van der Waals surface area contributed by atoms with Crippen LogP contribution in [-0.2, 0) is 11.3 Å². The molecule has 1 aliphatic rings. The summed E-state index contributed by atoms with van der Waals surface area (Å²) in [6, 6.07) is 11.1. The van der Waals surface area contributed by atoms with Gasteiger partial charge < -0.3 is 4.90 Å². The minimum atomic E-state index is 0.0420. The maximum Gasteiger partial charge on any atom is 0.237 e. The fourth-order valence-corrected chi connectivity index (χ4v) is 2.81. The zero-order valence-electron chi connectivity index (χ0n) is 13.6. The van der Waals surface area contributed by atoms with E-state index in [1.165, 1.54) is 5.56 Å². The lowest BCUT2D eigenvalue weighted by atomic mass is 10.1. The molecular weight excluding hydrogens is 284 g/mol. The van der Waals surface area contributed by atoms with Gasteiger partial charge >= 0.3 is 0 Å². The third kappa shape index (κ3) is 5.01. The van der Waals surface area contributed by atoms with E-state index in [2.05, 4.69) is 43.0 Å². The molecule has 3 nitrogen and oxygen atoms in total. The second kappa shape index (κ2) is 9.06. The van der Waals surface area contributed by atoms with Crippen molar-refractivity contribution in [2.45, 2.75) is 46.3 Å². The fraction of sp³-hybridized carbons (Fsp3) is 0.588. The van der Waals surface area contributed by atoms with Gasteiger partial charge in [-0.3, -0.25) is 9.69 Å². The highest BCUT2D eigenvalue weighted by molar-refractivity contribution is 6.27. The zero-order chi connectivity index (χ0) is 15.8. The van der Waals surface area contributed by atoms with Gasteiger partial charge in [-0.2, -0.15) is 0 Å². The molecular formula is C17H27ClN2O. The molecule has 2 rings (SSSR count). The summed E-state index contributed by atoms with van der Waals surface area (Å²) in [5.41, 5.74) is 1.32. The molecule has 0 spiro atoms. The third-order valence-electron chi connectivity index (χ3n) is 3.78. The van der Waals surface area contributed by atoms with Crippen molar-refractivity contribution in [3.63, 3.8) is 0 Å². The zero-order valence-corrected chi connectivity index (χ0v) is 14.3. The predicted octanol–water partition coefficient (Wildman–Crippen LogP) is 3.37. The van der Waals surface area contributed by atoms with Crippen LogP contribution in [0.1, 0.15) is 33.3 Å². The van der Waals surface area contributed by atoms with Crippen molar-refractivity contribution in [1.82, 2.24) is 9.80 Å². The highest BCUT2D eigenvalue weighted by Crippen LogP contribution is 2.18. The van der Waals surface area contributed by atoms with Gasteiger partial charge in [-0.25, -0.2) is 0 Å². The van der Waals surface area contributed by atoms with Crippen LogP contribution in [0.25, 0.3) is 0 Å². The van der Waals surface area contributed by atoms with Crippen LogP contribution in [0, 0.1) is 0 Å². The lowest BCUT2D eigenvalue weighted by Gasteiger charge is -2.44. The van der Waals surface area contributed by atoms with Gasteiger partial charge in [-0.05, 0) is 19.4 Å². The van der Waals surface area contributed by atoms with Crippen LogP contribution in [0.4, 0.5) is 0 Å². The van der Waals surface area contributed by atoms with Crippen molar-refractivity contribution in [3.8, 4) is 0 Å². The van der Waals surface area contributed by atoms with Gasteiger partial charge in [0.25, 0.3) is 0 Å². The average Bonchev–Trinajstić information content (AvgIpc) is 2.53. The Balaban J connectivity index is 0.00000106. The molecule has 1 amide bonds. The Bertz CT molecular complexity index is 424. The van der Waals surface area contributed by atoms with E-state index >= 15 is 0 Å². The van der Waals surface area contributed by atoms with Gasteiger partial charge in [-0.15, -0.1) is 11.6 Å². The Morgan fingerprint density at radius 3 is 2.33 bits per heavy atom. The number of alkyl halides is 1. The first-order chi connectivity index (χ1) is 10.1. The number of piperazine rings is 1. The molecule has 0 aliphatic carbocycles. The maximum absolute atomic E-state index is 11.8. The van der Waals surface area contributed by atoms with E-state index in [-0.39, 0.29) is 17.8 Å². The molecule has 4 heteroatoms. The minimum Gasteiger partial charge on any atom is -0.336 e. The van der Waals surface area contributed by atoms with Gasteiger partial charge in [0.2, 0.25) is 5.91 Å². The van der Waals surface area contributed by atoms with E-state index in [0.717, 1.165) is 19.6 Å². The van der Waals surface area contributed by atoms with Crippen LogP contribution in [-0.4, -0.2) is 46.8 Å². The molecule has 1 aromatic rings. The fourth-order valence-electron chi connectivity index (χ4n) is 2.66. The number of carbonyl (C=O) groups excluding carboxylic acids is 1. The quantitative estimate of drug-likeness (QED) is 0.799. The number of halogens is 1. The number of rotatable bonds is 3. The molecule has 2 atom stereocenters. The van der Waals surface area contributed by atoms with E-state index in [1.54, 1.807) is 0 Å². The van der Waals surface area contributed by atoms with Crippen molar-refractivity contribution in [2.75, 3.05) is 19.0 Å². The normalized spacial score (nSPS) is 22.4. The minimum absolute atomic E-state index is 0.0420. The Kier molecular flexibility index (Phi) is 7.76. The predicted molar refractivity (Wildman–Crippen MR) is 89.6 cm³/mol. The van der Waals surface area contributed by atoms with Gasteiger partial charge in [0.1, 0.15) is 5.88 Å². The van der Waals surface area contributed by atoms with Gasteiger partial charge in [0, 0.05) is 31.7 Å². The number of hydrogen-bond donors (Lipinski definition) is 0. The van der Waals surface area contributed by atoms with Crippen LogP contribution in [0.3, 0.4) is 0 Å². The topological polar surface area (TPSA) is 23.6 Å². The molecule has 2 unspecified atom stereocenters. The number of nitrogens with zero attached hydrogens (tertiary/aromatic N) is 2. The molecule has 1 aromatic carbocycles. The first-order valence-corrected chi connectivity index (χ1v) is 8.28. The van der Waals surface area contributed by atoms with E-state index in [0.29, 0.717) is 6.04 Å². The summed E-state index contributed by atoms with van der Waals surface area (Å²) in [6.45, 7) is 10.9. The average molecular weight is 311 g/mol. The van der Waals surface area contributed by atoms with Gasteiger partial charge in [0.05, 0.1) is 0 Å². The second-order valence-electron chi connectivity index (χ2n) is 5.29. The van der Waals surface area contributed by atoms with Crippen molar-refractivity contribution in [2.24, 2.45) is 0 Å². The standard InChI is InChI=1S/C15H21ClN2O.C2H6/c1-12-10-18(15(19)8-16)13(2)9-17(12)11-14-6-4-3-5-7-14;1-2/h3-7,12-13H,8-11H2,1-2H3;1-2H3. The Morgan fingerprint density at radius 1 is 1.14 bits per heavy atom. The lowest BCUT2D eigenvalue weighted by Crippen LogP contribution is -2.57. The number of hydrogen-bond acceptors (Lipinski definition) is 2. The molecule has 1 fully saturated rings. The Labute approximate surface area is 133 Å². The number of benzene rings is 1. The van der Waals surface area contributed by atoms with Crippen molar-refractivity contribution < 1.29 is 4.79 Å². The summed E-state index contributed by atoms with van der Waals surface area (Å²) in [5.74, 6) is 0.121. The summed E-state index contributed by atoms with van der Waals surface area (Å²) in [5, 5.41) is 0. The van der Waals surface area contributed by atoms with Gasteiger partial charge in [0.15, 0.2) is 0 Å². The maximum atomic E-state index is 11.8. The van der Waals surface area contributed by atoms with Crippen LogP contribution in [0.5, 0.6) is 0 Å². The lowest BCUT2D eigenvalue weighted by molar-refractivity contribution is -0.134. The number of carbonyl (C=O) groups is 1. The number of amides is 1. The Hall–Kier alpha value is -1.06. The van der Waals surface area contributed by atoms with Crippen LogP contribution in [0.15, 0.2) is 30.3 Å². The van der Waals surface area contributed by atoms with E-state index in [4.69, 9.17) is 11.6 Å².